The van der Waals surface area contributed by atoms with Gasteiger partial charge in [-0.3, -0.25) is 0 Å². The summed E-state index contributed by atoms with van der Waals surface area (Å²) in [4.78, 5) is 0. The Kier molecular flexibility index (Phi) is 2.42. The van der Waals surface area contributed by atoms with E-state index in [0.29, 0.717) is 5.66 Å². The number of benzene rings is 2. The molecular weight excluding hydrogens is 222 g/mol. The Bertz CT molecular complexity index is 579. The van der Waals surface area contributed by atoms with Gasteiger partial charge in [0, 0.05) is 0 Å². The van der Waals surface area contributed by atoms with E-state index in [-0.39, 0.29) is 0 Å². The second-order valence-electron chi connectivity index (χ2n) is 4.91. The maximum atomic E-state index is 6.84. The van der Waals surface area contributed by atoms with Crippen LogP contribution in [0.4, 0.5) is 0 Å². The van der Waals surface area contributed by atoms with Gasteiger partial charge in [0.15, 0.2) is 0 Å². The fourth-order valence-electron chi connectivity index (χ4n) is 2.73. The van der Waals surface area contributed by atoms with E-state index < -0.39 is 6.75 Å². The van der Waals surface area contributed by atoms with E-state index in [9.17, 15) is 0 Å². The summed E-state index contributed by atoms with van der Waals surface area (Å²) in [5.41, 5.74) is 3.17. The summed E-state index contributed by atoms with van der Waals surface area (Å²) in [6.45, 7) is 2.81. The van der Waals surface area contributed by atoms with Crippen LogP contribution in [0.2, 0.25) is 0 Å². The van der Waals surface area contributed by atoms with Crippen molar-refractivity contribution in [3.05, 3.63) is 48.5 Å². The molecule has 3 rings (SSSR count). The Hall–Kier alpha value is -1.07. The molecule has 0 spiro atoms. The first-order valence-corrected chi connectivity index (χ1v) is 7.95. The van der Waals surface area contributed by atoms with E-state index in [4.69, 9.17) is 7.18 Å². The van der Waals surface area contributed by atoms with Crippen LogP contribution in [0.1, 0.15) is 13.8 Å². The second kappa shape index (κ2) is 3.72. The summed E-state index contributed by atoms with van der Waals surface area (Å²) < 4.78 is 0. The van der Waals surface area contributed by atoms with Gasteiger partial charge in [-0.1, -0.05) is 0 Å². The molecule has 0 aromatic heterocycles. The fourth-order valence-corrected chi connectivity index (χ4v) is 5.96. The molecule has 1 aliphatic heterocycles. The first-order valence-electron chi connectivity index (χ1n) is 6.02. The molecule has 1 aliphatic rings. The van der Waals surface area contributed by atoms with Crippen molar-refractivity contribution < 1.29 is 0 Å². The third-order valence-corrected chi connectivity index (χ3v) is 7.71. The van der Waals surface area contributed by atoms with Gasteiger partial charge in [-0.25, -0.2) is 0 Å². The van der Waals surface area contributed by atoms with E-state index in [1.54, 1.807) is 0 Å². The minimum atomic E-state index is -1.67. The van der Waals surface area contributed by atoms with Crippen molar-refractivity contribution in [2.45, 2.75) is 19.5 Å². The normalized spacial score (nSPS) is 15.6. The molecule has 0 saturated heterocycles. The molecule has 17 heavy (non-hydrogen) atoms. The first kappa shape index (κ1) is 11.0. The molecule has 0 aliphatic carbocycles. The van der Waals surface area contributed by atoms with Crippen LogP contribution in [0.25, 0.3) is 11.1 Å². The van der Waals surface area contributed by atoms with E-state index in [1.807, 2.05) is 0 Å². The van der Waals surface area contributed by atoms with Crippen LogP contribution in [-0.2, 0) is 0 Å². The van der Waals surface area contributed by atoms with Gasteiger partial charge in [0.05, 0.1) is 0 Å². The summed E-state index contributed by atoms with van der Waals surface area (Å²) in [5.74, 6) is 0. The van der Waals surface area contributed by atoms with E-state index in [2.05, 4.69) is 62.4 Å². The molecule has 0 atom stereocenters. The number of fused-ring (bicyclic) bond motifs is 3. The van der Waals surface area contributed by atoms with Crippen molar-refractivity contribution in [2.75, 3.05) is 0 Å². The molecule has 2 heteroatoms. The molecule has 0 nitrogen and oxygen atoms in total. The zero-order valence-electron chi connectivity index (χ0n) is 10.2. The Labute approximate surface area is 104 Å². The molecule has 2 aromatic carbocycles. The Morgan fingerprint density at radius 1 is 0.824 bits per heavy atom. The van der Waals surface area contributed by atoms with E-state index in [0.717, 1.165) is 0 Å². The van der Waals surface area contributed by atoms with Crippen LogP contribution in [0.15, 0.2) is 48.5 Å². The van der Waals surface area contributed by atoms with Crippen molar-refractivity contribution in [1.29, 1.82) is 0 Å². The van der Waals surface area contributed by atoms with Crippen LogP contribution >= 0.6 is 6.75 Å². The number of hydrogen-bond donors (Lipinski definition) is 0. The van der Waals surface area contributed by atoms with Gasteiger partial charge in [-0.15, -0.1) is 0 Å². The molecule has 0 saturated carbocycles. The van der Waals surface area contributed by atoms with Gasteiger partial charge in [-0.05, 0) is 0 Å². The van der Waals surface area contributed by atoms with Crippen LogP contribution in [-0.4, -0.2) is 12.8 Å². The van der Waals surface area contributed by atoms with Gasteiger partial charge in [0.2, 0.25) is 0 Å². The molecule has 0 unspecified atom stereocenters. The molecular formula is C15H15BP. The summed E-state index contributed by atoms with van der Waals surface area (Å²) >= 11 is 0. The van der Waals surface area contributed by atoms with Crippen molar-refractivity contribution in [2.24, 2.45) is 0 Å². The summed E-state index contributed by atoms with van der Waals surface area (Å²) in [7, 11) is 6.84. The van der Waals surface area contributed by atoms with Gasteiger partial charge in [0.1, 0.15) is 0 Å². The van der Waals surface area contributed by atoms with Crippen LogP contribution < -0.4 is 10.6 Å². The summed E-state index contributed by atoms with van der Waals surface area (Å²) in [5, 5.41) is 2.74. The van der Waals surface area contributed by atoms with Crippen LogP contribution in [0.5, 0.6) is 0 Å². The van der Waals surface area contributed by atoms with E-state index >= 15 is 0 Å². The van der Waals surface area contributed by atoms with Gasteiger partial charge >= 0.3 is 104 Å². The molecule has 1 radical (unpaired) electrons. The molecule has 0 bridgehead atoms. The zero-order chi connectivity index (χ0) is 12.0. The third kappa shape index (κ3) is 1.36. The van der Waals surface area contributed by atoms with Crippen LogP contribution in [0.3, 0.4) is 0 Å². The average molecular weight is 237 g/mol. The third-order valence-electron chi connectivity index (χ3n) is 3.71. The molecule has 0 fully saturated rings. The Balaban J connectivity index is 2.44. The Morgan fingerprint density at radius 3 is 1.65 bits per heavy atom. The molecule has 83 valence electrons. The quantitative estimate of drug-likeness (QED) is 0.528. The van der Waals surface area contributed by atoms with Crippen molar-refractivity contribution in [3.63, 3.8) is 0 Å². The SMILES string of the molecule is [B]=P1(C(C)C)c2ccccc2-c2ccccc21. The summed E-state index contributed by atoms with van der Waals surface area (Å²) in [6, 6.07) is 17.2. The van der Waals surface area contributed by atoms with Crippen LogP contribution in [0, 0.1) is 0 Å². The maximum absolute atomic E-state index is 6.84. The van der Waals surface area contributed by atoms with Crippen molar-refractivity contribution >= 4 is 24.5 Å². The molecule has 0 N–H and O–H groups in total. The topological polar surface area (TPSA) is 0 Å². The Morgan fingerprint density at radius 2 is 1.24 bits per heavy atom. The standard InChI is InChI=1S/C15H15BP/c1-11(2)17(16)14-9-5-3-7-12(14)13-8-4-6-10-15(13)17/h3-11H,1-2H3. The first-order chi connectivity index (χ1) is 8.15. The predicted molar refractivity (Wildman–Crippen MR) is 79.0 cm³/mol. The van der Waals surface area contributed by atoms with Gasteiger partial charge in [0.25, 0.3) is 0 Å². The second-order valence-corrected chi connectivity index (χ2v) is 8.46. The number of rotatable bonds is 1. The number of hydrogen-bond acceptors (Lipinski definition) is 0. The van der Waals surface area contributed by atoms with Crippen molar-refractivity contribution in [1.82, 2.24) is 0 Å². The molecule has 0 amide bonds. The molecule has 2 aromatic rings. The summed E-state index contributed by atoms with van der Waals surface area (Å²) in [6.07, 6.45) is 0. The van der Waals surface area contributed by atoms with Crippen molar-refractivity contribution in [3.8, 4) is 11.1 Å². The average Bonchev–Trinajstić information content (AvgIpc) is 2.63. The zero-order valence-corrected chi connectivity index (χ0v) is 11.1. The molecule has 1 heterocycles. The minimum absolute atomic E-state index is 0.493. The van der Waals surface area contributed by atoms with E-state index in [1.165, 1.54) is 21.7 Å². The van der Waals surface area contributed by atoms with Gasteiger partial charge < -0.3 is 0 Å². The van der Waals surface area contributed by atoms with Gasteiger partial charge in [-0.2, -0.15) is 0 Å². The predicted octanol–water partition coefficient (Wildman–Crippen LogP) is 3.13. The fraction of sp³-hybridized carbons (Fsp3) is 0.200. The monoisotopic (exact) mass is 237 g/mol.